The minimum atomic E-state index is 1.33. The third-order valence-corrected chi connectivity index (χ3v) is 1.72. The maximum absolute atomic E-state index is 2.10. The van der Waals surface area contributed by atoms with Crippen molar-refractivity contribution in [3.8, 4) is 0 Å². The summed E-state index contributed by atoms with van der Waals surface area (Å²) in [5.41, 5.74) is 0. The van der Waals surface area contributed by atoms with Gasteiger partial charge in [0.05, 0.1) is 0 Å². The lowest BCUT2D eigenvalue weighted by Crippen LogP contribution is -1.63. The van der Waals surface area contributed by atoms with Crippen LogP contribution in [0.2, 0.25) is 0 Å². The standard InChI is InChI=1S/C6H7BS/c7-8-6-4-2-1-3-5-6/h1-5H,7H2. The second-order valence-electron chi connectivity index (χ2n) is 1.52. The molecule has 0 N–H and O–H groups in total. The Morgan fingerprint density at radius 2 is 1.75 bits per heavy atom. The first-order valence-electron chi connectivity index (χ1n) is 2.52. The normalized spacial score (nSPS) is 9.00. The Balaban J connectivity index is 2.83. The van der Waals surface area contributed by atoms with Crippen molar-refractivity contribution < 1.29 is 0 Å². The van der Waals surface area contributed by atoms with Crippen LogP contribution in [0.25, 0.3) is 0 Å². The zero-order valence-electron chi connectivity index (χ0n) is 4.79. The zero-order valence-corrected chi connectivity index (χ0v) is 5.61. The maximum atomic E-state index is 2.10. The lowest BCUT2D eigenvalue weighted by Gasteiger charge is -1.89. The second-order valence-corrected chi connectivity index (χ2v) is 2.40. The largest absolute Gasteiger partial charge is 0.186 e. The van der Waals surface area contributed by atoms with E-state index in [9.17, 15) is 0 Å². The Bertz CT molecular complexity index is 150. The minimum Gasteiger partial charge on any atom is -0.186 e. The van der Waals surface area contributed by atoms with Gasteiger partial charge >= 0.3 is 0 Å². The summed E-state index contributed by atoms with van der Waals surface area (Å²) in [7, 11) is 2.08. The first-order chi connectivity index (χ1) is 3.93. The molecular weight excluding hydrogens is 115 g/mol. The Morgan fingerprint density at radius 3 is 2.12 bits per heavy atom. The maximum Gasteiger partial charge on any atom is 0.180 e. The Morgan fingerprint density at radius 1 is 1.12 bits per heavy atom. The number of hydrogen-bond acceptors (Lipinski definition) is 1. The third kappa shape index (κ3) is 1.30. The average molecular weight is 122 g/mol. The van der Waals surface area contributed by atoms with Gasteiger partial charge in [-0.05, 0) is 17.0 Å². The fraction of sp³-hybridized carbons (Fsp3) is 0. The first-order valence-corrected chi connectivity index (χ1v) is 3.75. The average Bonchev–Trinajstić information content (AvgIpc) is 1.90. The lowest BCUT2D eigenvalue weighted by molar-refractivity contribution is 1.48. The van der Waals surface area contributed by atoms with Crippen LogP contribution in [-0.2, 0) is 0 Å². The van der Waals surface area contributed by atoms with Gasteiger partial charge in [-0.1, -0.05) is 18.2 Å². The molecule has 0 atom stereocenters. The molecule has 0 aliphatic heterocycles. The van der Waals surface area contributed by atoms with Crippen molar-refractivity contribution in [2.24, 2.45) is 0 Å². The molecule has 0 aromatic heterocycles. The molecule has 1 aromatic carbocycles. The molecule has 0 amide bonds. The van der Waals surface area contributed by atoms with Crippen LogP contribution in [0.4, 0.5) is 0 Å². The van der Waals surface area contributed by atoms with Gasteiger partial charge < -0.3 is 0 Å². The van der Waals surface area contributed by atoms with Crippen molar-refractivity contribution in [1.29, 1.82) is 0 Å². The van der Waals surface area contributed by atoms with Crippen LogP contribution in [0.1, 0.15) is 0 Å². The van der Waals surface area contributed by atoms with Crippen LogP contribution < -0.4 is 0 Å². The van der Waals surface area contributed by atoms with E-state index >= 15 is 0 Å². The SMILES string of the molecule is BSc1ccccc1. The quantitative estimate of drug-likeness (QED) is 0.506. The van der Waals surface area contributed by atoms with Crippen molar-refractivity contribution in [1.82, 2.24) is 0 Å². The molecule has 0 radical (unpaired) electrons. The fourth-order valence-corrected chi connectivity index (χ4v) is 0.986. The molecule has 0 aliphatic carbocycles. The van der Waals surface area contributed by atoms with Crippen molar-refractivity contribution in [3.05, 3.63) is 30.3 Å². The molecule has 40 valence electrons. The van der Waals surface area contributed by atoms with Crippen LogP contribution in [0.3, 0.4) is 0 Å². The predicted molar refractivity (Wildman–Crippen MR) is 40.8 cm³/mol. The highest BCUT2D eigenvalue weighted by atomic mass is 32.2. The molecule has 8 heavy (non-hydrogen) atoms. The van der Waals surface area contributed by atoms with Crippen LogP contribution in [0.15, 0.2) is 35.2 Å². The van der Waals surface area contributed by atoms with Gasteiger partial charge in [-0.3, -0.25) is 0 Å². The molecule has 0 aliphatic rings. The summed E-state index contributed by atoms with van der Waals surface area (Å²) >= 11 is 1.77. The van der Waals surface area contributed by atoms with E-state index in [0.29, 0.717) is 0 Å². The van der Waals surface area contributed by atoms with E-state index < -0.39 is 0 Å². The summed E-state index contributed by atoms with van der Waals surface area (Å²) < 4.78 is 0. The highest BCUT2D eigenvalue weighted by molar-refractivity contribution is 8.19. The lowest BCUT2D eigenvalue weighted by atomic mass is 10.4. The Hall–Kier alpha value is -0.365. The van der Waals surface area contributed by atoms with Gasteiger partial charge in [-0.15, -0.1) is 0 Å². The van der Waals surface area contributed by atoms with Crippen LogP contribution in [-0.4, -0.2) is 7.12 Å². The van der Waals surface area contributed by atoms with E-state index in [1.807, 2.05) is 18.2 Å². The zero-order chi connectivity index (χ0) is 5.82. The molecule has 0 saturated carbocycles. The summed E-state index contributed by atoms with van der Waals surface area (Å²) in [6, 6.07) is 10.3. The molecule has 2 heteroatoms. The minimum absolute atomic E-state index is 1.33. The van der Waals surface area contributed by atoms with Crippen molar-refractivity contribution in [2.45, 2.75) is 4.90 Å². The van der Waals surface area contributed by atoms with E-state index in [2.05, 4.69) is 19.3 Å². The highest BCUT2D eigenvalue weighted by Gasteiger charge is 1.80. The van der Waals surface area contributed by atoms with Crippen molar-refractivity contribution in [3.63, 3.8) is 0 Å². The molecule has 0 fully saturated rings. The van der Waals surface area contributed by atoms with E-state index in [0.717, 1.165) is 0 Å². The smallest absolute Gasteiger partial charge is 0.180 e. The summed E-state index contributed by atoms with van der Waals surface area (Å²) in [5.74, 6) is 0. The molecule has 0 unspecified atom stereocenters. The van der Waals surface area contributed by atoms with Crippen molar-refractivity contribution >= 4 is 18.7 Å². The van der Waals surface area contributed by atoms with E-state index in [1.165, 1.54) is 4.90 Å². The predicted octanol–water partition coefficient (Wildman–Crippen LogP) is 1.33. The third-order valence-electron chi connectivity index (χ3n) is 0.979. The number of benzene rings is 1. The number of rotatable bonds is 1. The first kappa shape index (κ1) is 5.77. The van der Waals surface area contributed by atoms with E-state index in [-0.39, 0.29) is 0 Å². The van der Waals surface area contributed by atoms with E-state index in [4.69, 9.17) is 0 Å². The second kappa shape index (κ2) is 2.83. The van der Waals surface area contributed by atoms with Crippen molar-refractivity contribution in [2.75, 3.05) is 0 Å². The van der Waals surface area contributed by atoms with Gasteiger partial charge in [0.2, 0.25) is 0 Å². The monoisotopic (exact) mass is 122 g/mol. The van der Waals surface area contributed by atoms with Gasteiger partial charge in [0.25, 0.3) is 0 Å². The Labute approximate surface area is 54.6 Å². The van der Waals surface area contributed by atoms with E-state index in [1.54, 1.807) is 11.6 Å². The topological polar surface area (TPSA) is 0 Å². The van der Waals surface area contributed by atoms with Crippen LogP contribution >= 0.6 is 11.6 Å². The van der Waals surface area contributed by atoms with Gasteiger partial charge in [-0.25, -0.2) is 0 Å². The van der Waals surface area contributed by atoms with Gasteiger partial charge in [-0.2, -0.15) is 11.6 Å². The molecule has 0 spiro atoms. The molecule has 0 saturated heterocycles. The molecular formula is C6H7BS. The van der Waals surface area contributed by atoms with Gasteiger partial charge in [0.1, 0.15) is 0 Å². The summed E-state index contributed by atoms with van der Waals surface area (Å²) in [4.78, 5) is 1.33. The molecule has 1 rings (SSSR count). The summed E-state index contributed by atoms with van der Waals surface area (Å²) in [6.45, 7) is 0. The molecule has 0 bridgehead atoms. The number of hydrogen-bond donors (Lipinski definition) is 0. The molecule has 1 aromatic rings. The van der Waals surface area contributed by atoms with Gasteiger partial charge in [0.15, 0.2) is 7.12 Å². The van der Waals surface area contributed by atoms with Crippen LogP contribution in [0, 0.1) is 0 Å². The van der Waals surface area contributed by atoms with Crippen LogP contribution in [0.5, 0.6) is 0 Å². The Kier molecular flexibility index (Phi) is 2.04. The van der Waals surface area contributed by atoms with Gasteiger partial charge in [0, 0.05) is 0 Å². The summed E-state index contributed by atoms with van der Waals surface area (Å²) in [6.07, 6.45) is 0. The molecule has 0 nitrogen and oxygen atoms in total. The highest BCUT2D eigenvalue weighted by Crippen LogP contribution is 2.10. The fourth-order valence-electron chi connectivity index (χ4n) is 0.557. The summed E-state index contributed by atoms with van der Waals surface area (Å²) in [5, 5.41) is 0. The molecule has 0 heterocycles.